The van der Waals surface area contributed by atoms with E-state index in [0.717, 1.165) is 9.87 Å². The summed E-state index contributed by atoms with van der Waals surface area (Å²) < 4.78 is 33.7. The molecule has 0 bridgehead atoms. The van der Waals surface area contributed by atoms with Crippen LogP contribution >= 0.6 is 23.2 Å². The van der Waals surface area contributed by atoms with Crippen LogP contribution in [0.15, 0.2) is 77.7 Å². The fourth-order valence-electron chi connectivity index (χ4n) is 3.75. The lowest BCUT2D eigenvalue weighted by atomic mass is 10.1. The number of nitrogens with zero attached hydrogens (tertiary/aromatic N) is 2. The van der Waals surface area contributed by atoms with Crippen molar-refractivity contribution in [3.05, 3.63) is 88.4 Å². The number of rotatable bonds is 11. The number of hydrogen-bond acceptors (Lipinski definition) is 5. The lowest BCUT2D eigenvalue weighted by Crippen LogP contribution is -2.51. The largest absolute Gasteiger partial charge is 0.495 e. The Labute approximate surface area is 233 Å². The highest BCUT2D eigenvalue weighted by Crippen LogP contribution is 2.32. The van der Waals surface area contributed by atoms with Crippen LogP contribution in [-0.2, 0) is 26.2 Å². The number of anilines is 1. The number of sulfonamides is 1. The van der Waals surface area contributed by atoms with Crippen molar-refractivity contribution in [1.82, 2.24) is 10.2 Å². The molecule has 0 saturated carbocycles. The number of methoxy groups -OCH3 is 1. The number of amides is 2. The van der Waals surface area contributed by atoms with E-state index in [-0.39, 0.29) is 28.1 Å². The van der Waals surface area contributed by atoms with Crippen molar-refractivity contribution < 1.29 is 22.7 Å². The predicted octanol–water partition coefficient (Wildman–Crippen LogP) is 4.75. The maximum atomic E-state index is 13.8. The van der Waals surface area contributed by atoms with Crippen molar-refractivity contribution in [3.8, 4) is 5.75 Å². The minimum atomic E-state index is -4.19. The molecular formula is C27H29Cl2N3O5S. The summed E-state index contributed by atoms with van der Waals surface area (Å²) in [5.74, 6) is -0.585. The van der Waals surface area contributed by atoms with Gasteiger partial charge in [0.1, 0.15) is 18.3 Å². The summed E-state index contributed by atoms with van der Waals surface area (Å²) in [7, 11) is -2.74. The monoisotopic (exact) mass is 577 g/mol. The molecule has 8 nitrogen and oxygen atoms in total. The average molecular weight is 579 g/mol. The second kappa shape index (κ2) is 13.0. The van der Waals surface area contributed by atoms with E-state index in [1.54, 1.807) is 56.3 Å². The van der Waals surface area contributed by atoms with Gasteiger partial charge in [0.2, 0.25) is 11.8 Å². The van der Waals surface area contributed by atoms with Gasteiger partial charge < -0.3 is 15.0 Å². The van der Waals surface area contributed by atoms with Crippen molar-refractivity contribution in [2.75, 3.05) is 24.5 Å². The van der Waals surface area contributed by atoms with Crippen LogP contribution < -0.4 is 14.4 Å². The second-order valence-electron chi connectivity index (χ2n) is 8.36. The Morgan fingerprint density at radius 1 is 1.00 bits per heavy atom. The van der Waals surface area contributed by atoms with Gasteiger partial charge in [0.05, 0.1) is 22.7 Å². The third kappa shape index (κ3) is 6.98. The molecule has 0 heterocycles. The van der Waals surface area contributed by atoms with Crippen molar-refractivity contribution in [1.29, 1.82) is 0 Å². The molecule has 0 aliphatic carbocycles. The number of likely N-dealkylation sites (N-methyl/N-ethyl adjacent to an activating group) is 1. The molecule has 38 heavy (non-hydrogen) atoms. The fraction of sp³-hybridized carbons (Fsp3) is 0.259. The molecular weight excluding hydrogens is 549 g/mol. The van der Waals surface area contributed by atoms with Gasteiger partial charge in [-0.15, -0.1) is 0 Å². The smallest absolute Gasteiger partial charge is 0.264 e. The SMILES string of the molecule is CCNC(=O)C(C)N(Cc1ccc(Cl)cc1)C(=O)CN(c1ccc(OC)c(Cl)c1)S(=O)(=O)c1ccccc1. The molecule has 0 aromatic heterocycles. The summed E-state index contributed by atoms with van der Waals surface area (Å²) in [6.07, 6.45) is 0. The molecule has 202 valence electrons. The number of benzene rings is 3. The van der Waals surface area contributed by atoms with Gasteiger partial charge in [-0.25, -0.2) is 8.42 Å². The van der Waals surface area contributed by atoms with E-state index in [1.165, 1.54) is 42.3 Å². The van der Waals surface area contributed by atoms with E-state index in [2.05, 4.69) is 5.32 Å². The van der Waals surface area contributed by atoms with Crippen molar-refractivity contribution in [2.45, 2.75) is 31.3 Å². The molecule has 11 heteroatoms. The van der Waals surface area contributed by atoms with Gasteiger partial charge in [0.25, 0.3) is 10.0 Å². The molecule has 0 aliphatic rings. The van der Waals surface area contributed by atoms with Gasteiger partial charge in [0.15, 0.2) is 0 Å². The standard InChI is InChI=1S/C27H29Cl2N3O5S/c1-4-30-27(34)19(2)31(17-20-10-12-21(28)13-11-20)26(33)18-32(22-14-15-25(37-3)24(29)16-22)38(35,36)23-8-6-5-7-9-23/h5-16,19H,4,17-18H2,1-3H3,(H,30,34). The molecule has 0 aliphatic heterocycles. The summed E-state index contributed by atoms with van der Waals surface area (Å²) in [4.78, 5) is 27.9. The van der Waals surface area contributed by atoms with Crippen LogP contribution in [0.5, 0.6) is 5.75 Å². The van der Waals surface area contributed by atoms with Crippen molar-refractivity contribution in [3.63, 3.8) is 0 Å². The maximum Gasteiger partial charge on any atom is 0.264 e. The topological polar surface area (TPSA) is 96.0 Å². The zero-order chi connectivity index (χ0) is 27.9. The lowest BCUT2D eigenvalue weighted by Gasteiger charge is -2.32. The maximum absolute atomic E-state index is 13.8. The third-order valence-corrected chi connectivity index (χ3v) is 8.15. The van der Waals surface area contributed by atoms with Gasteiger partial charge in [-0.2, -0.15) is 0 Å². The number of hydrogen-bond donors (Lipinski definition) is 1. The number of ether oxygens (including phenoxy) is 1. The van der Waals surface area contributed by atoms with Crippen LogP contribution in [0.2, 0.25) is 10.0 Å². The first-order chi connectivity index (χ1) is 18.1. The molecule has 0 saturated heterocycles. The molecule has 1 atom stereocenters. The molecule has 0 spiro atoms. The van der Waals surface area contributed by atoms with Crippen LogP contribution in [0.4, 0.5) is 5.69 Å². The van der Waals surface area contributed by atoms with Crippen molar-refractivity contribution >= 4 is 50.7 Å². The second-order valence-corrected chi connectivity index (χ2v) is 11.1. The van der Waals surface area contributed by atoms with Crippen LogP contribution in [0.25, 0.3) is 0 Å². The van der Waals surface area contributed by atoms with Crippen LogP contribution in [0, 0.1) is 0 Å². The van der Waals surface area contributed by atoms with Gasteiger partial charge in [-0.05, 0) is 61.9 Å². The van der Waals surface area contributed by atoms with E-state index in [4.69, 9.17) is 27.9 Å². The van der Waals surface area contributed by atoms with Gasteiger partial charge in [0, 0.05) is 18.1 Å². The average Bonchev–Trinajstić information content (AvgIpc) is 2.91. The Morgan fingerprint density at radius 2 is 1.66 bits per heavy atom. The highest BCUT2D eigenvalue weighted by molar-refractivity contribution is 7.92. The number of carbonyl (C=O) groups is 2. The summed E-state index contributed by atoms with van der Waals surface area (Å²) >= 11 is 12.3. The first-order valence-corrected chi connectivity index (χ1v) is 14.0. The summed E-state index contributed by atoms with van der Waals surface area (Å²) in [5.41, 5.74) is 0.897. The van der Waals surface area contributed by atoms with E-state index in [0.29, 0.717) is 17.3 Å². The third-order valence-electron chi connectivity index (χ3n) is 5.82. The van der Waals surface area contributed by atoms with Crippen LogP contribution in [-0.4, -0.2) is 51.4 Å². The summed E-state index contributed by atoms with van der Waals surface area (Å²) in [5, 5.41) is 3.43. The van der Waals surface area contributed by atoms with Crippen LogP contribution in [0.1, 0.15) is 19.4 Å². The first kappa shape index (κ1) is 29.3. The van der Waals surface area contributed by atoms with E-state index < -0.39 is 28.5 Å². The molecule has 3 aromatic rings. The Balaban J connectivity index is 2.04. The Hall–Kier alpha value is -3.27. The van der Waals surface area contributed by atoms with E-state index >= 15 is 0 Å². The summed E-state index contributed by atoms with van der Waals surface area (Å²) in [6, 6.07) is 18.2. The zero-order valence-electron chi connectivity index (χ0n) is 21.2. The molecule has 3 aromatic carbocycles. The van der Waals surface area contributed by atoms with Gasteiger partial charge >= 0.3 is 0 Å². The number of nitrogens with one attached hydrogen (secondary N) is 1. The van der Waals surface area contributed by atoms with Gasteiger partial charge in [-0.3, -0.25) is 13.9 Å². The Bertz CT molecular complexity index is 1370. The minimum Gasteiger partial charge on any atom is -0.495 e. The van der Waals surface area contributed by atoms with Crippen LogP contribution in [0.3, 0.4) is 0 Å². The number of carbonyl (C=O) groups excluding carboxylic acids is 2. The minimum absolute atomic E-state index is 0.000710. The van der Waals surface area contributed by atoms with Crippen molar-refractivity contribution in [2.24, 2.45) is 0 Å². The molecule has 0 fully saturated rings. The van der Waals surface area contributed by atoms with E-state index in [1.807, 2.05) is 0 Å². The lowest BCUT2D eigenvalue weighted by molar-refractivity contribution is -0.139. The normalized spacial score (nSPS) is 11.9. The molecule has 1 unspecified atom stereocenters. The quantitative estimate of drug-likeness (QED) is 0.354. The zero-order valence-corrected chi connectivity index (χ0v) is 23.6. The Kier molecular flexibility index (Phi) is 10.0. The molecule has 3 rings (SSSR count). The first-order valence-electron chi connectivity index (χ1n) is 11.8. The van der Waals surface area contributed by atoms with Gasteiger partial charge in [-0.1, -0.05) is 53.5 Å². The fourth-order valence-corrected chi connectivity index (χ4v) is 5.55. The Morgan fingerprint density at radius 3 is 2.24 bits per heavy atom. The highest BCUT2D eigenvalue weighted by atomic mass is 35.5. The van der Waals surface area contributed by atoms with E-state index in [9.17, 15) is 18.0 Å². The molecule has 1 N–H and O–H groups in total. The predicted molar refractivity (Wildman–Crippen MR) is 149 cm³/mol. The molecule has 2 amide bonds. The molecule has 0 radical (unpaired) electrons. The number of halogens is 2. The summed E-state index contributed by atoms with van der Waals surface area (Å²) in [6.45, 7) is 3.25. The highest BCUT2D eigenvalue weighted by Gasteiger charge is 2.32.